The van der Waals surface area contributed by atoms with Crippen molar-refractivity contribution in [2.45, 2.75) is 0 Å². The Morgan fingerprint density at radius 2 is 1.75 bits per heavy atom. The number of hydrogen-bond acceptors (Lipinski definition) is 3. The van der Waals surface area contributed by atoms with Gasteiger partial charge < -0.3 is 5.73 Å². The second kappa shape index (κ2) is 3.01. The lowest BCUT2D eigenvalue weighted by Crippen LogP contribution is -1.90. The van der Waals surface area contributed by atoms with E-state index >= 15 is 0 Å². The van der Waals surface area contributed by atoms with Gasteiger partial charge in [-0.2, -0.15) is 0 Å². The molecular formula is C4H5BN3. The Morgan fingerprint density at radius 3 is 2.00 bits per heavy atom. The minimum absolute atomic E-state index is 0. The molecule has 0 bridgehead atoms. The number of rotatable bonds is 0. The molecule has 3 nitrogen and oxygen atoms in total. The lowest BCUT2D eigenvalue weighted by Gasteiger charge is -1.82. The van der Waals surface area contributed by atoms with E-state index in [-0.39, 0.29) is 8.41 Å². The van der Waals surface area contributed by atoms with E-state index in [1.165, 1.54) is 0 Å². The predicted octanol–water partition coefficient (Wildman–Crippen LogP) is -0.322. The molecule has 1 aromatic heterocycles. The molecule has 0 aromatic carbocycles. The van der Waals surface area contributed by atoms with Crippen molar-refractivity contribution in [2.24, 2.45) is 0 Å². The third kappa shape index (κ3) is 1.60. The van der Waals surface area contributed by atoms with Crippen molar-refractivity contribution in [1.82, 2.24) is 9.97 Å². The highest BCUT2D eigenvalue weighted by Crippen LogP contribution is 1.81. The van der Waals surface area contributed by atoms with E-state index in [0.717, 1.165) is 0 Å². The number of nitrogens with two attached hydrogens (primary N) is 1. The molecule has 3 radical (unpaired) electrons. The fraction of sp³-hybridized carbons (Fsp3) is 0. The van der Waals surface area contributed by atoms with Crippen molar-refractivity contribution in [2.75, 3.05) is 5.73 Å². The normalized spacial score (nSPS) is 7.50. The molecule has 0 spiro atoms. The molecular weight excluding hydrogens is 101 g/mol. The van der Waals surface area contributed by atoms with Gasteiger partial charge >= 0.3 is 0 Å². The molecule has 0 aliphatic carbocycles. The van der Waals surface area contributed by atoms with E-state index in [1.54, 1.807) is 18.5 Å². The number of anilines is 1. The number of nitrogen functional groups attached to an aromatic ring is 1. The van der Waals surface area contributed by atoms with Gasteiger partial charge in [0.05, 0.1) is 0 Å². The number of aromatic nitrogens is 2. The first-order valence-corrected chi connectivity index (χ1v) is 1.92. The summed E-state index contributed by atoms with van der Waals surface area (Å²) in [6, 6.07) is 1.72. The SMILES string of the molecule is Nc1ncccn1.[B]. The van der Waals surface area contributed by atoms with E-state index in [9.17, 15) is 0 Å². The van der Waals surface area contributed by atoms with Gasteiger partial charge in [0.25, 0.3) is 0 Å². The van der Waals surface area contributed by atoms with Gasteiger partial charge in [-0.1, -0.05) is 0 Å². The van der Waals surface area contributed by atoms with Crippen LogP contribution in [0.25, 0.3) is 0 Å². The molecule has 0 aliphatic heterocycles. The van der Waals surface area contributed by atoms with E-state index < -0.39 is 0 Å². The van der Waals surface area contributed by atoms with Crippen LogP contribution < -0.4 is 5.73 Å². The van der Waals surface area contributed by atoms with Gasteiger partial charge in [0.2, 0.25) is 5.95 Å². The molecule has 0 saturated carbocycles. The number of nitrogens with zero attached hydrogens (tertiary/aromatic N) is 2. The third-order valence-electron chi connectivity index (χ3n) is 0.586. The first-order valence-electron chi connectivity index (χ1n) is 1.92. The second-order valence-corrected chi connectivity index (χ2v) is 1.11. The Kier molecular flexibility index (Phi) is 2.62. The quantitative estimate of drug-likeness (QED) is 0.461. The molecule has 2 N–H and O–H groups in total. The van der Waals surface area contributed by atoms with Crippen LogP contribution in [0.2, 0.25) is 0 Å². The molecule has 8 heavy (non-hydrogen) atoms. The van der Waals surface area contributed by atoms with Gasteiger partial charge in [0.15, 0.2) is 0 Å². The van der Waals surface area contributed by atoms with Crippen LogP contribution in [0.5, 0.6) is 0 Å². The molecule has 0 saturated heterocycles. The highest BCUT2D eigenvalue weighted by Gasteiger charge is 1.75. The molecule has 1 heterocycles. The average molecular weight is 106 g/mol. The maximum absolute atomic E-state index is 5.14. The highest BCUT2D eigenvalue weighted by molar-refractivity contribution is 5.75. The molecule has 0 unspecified atom stereocenters. The lowest BCUT2D eigenvalue weighted by molar-refractivity contribution is 1.19. The Labute approximate surface area is 49.5 Å². The van der Waals surface area contributed by atoms with E-state index in [1.807, 2.05) is 0 Å². The van der Waals surface area contributed by atoms with Crippen molar-refractivity contribution >= 4 is 14.4 Å². The molecule has 1 rings (SSSR count). The monoisotopic (exact) mass is 106 g/mol. The molecule has 0 aliphatic rings. The molecule has 0 fully saturated rings. The zero-order chi connectivity index (χ0) is 5.11. The summed E-state index contributed by atoms with van der Waals surface area (Å²) in [6.45, 7) is 0. The summed E-state index contributed by atoms with van der Waals surface area (Å²) in [5.41, 5.74) is 5.14. The van der Waals surface area contributed by atoms with Crippen LogP contribution in [0.3, 0.4) is 0 Å². The van der Waals surface area contributed by atoms with Crippen molar-refractivity contribution < 1.29 is 0 Å². The minimum atomic E-state index is 0. The molecule has 0 atom stereocenters. The minimum Gasteiger partial charge on any atom is -0.368 e. The topological polar surface area (TPSA) is 51.8 Å². The second-order valence-electron chi connectivity index (χ2n) is 1.11. The zero-order valence-corrected chi connectivity index (χ0v) is 4.28. The summed E-state index contributed by atoms with van der Waals surface area (Å²) in [5, 5.41) is 0. The van der Waals surface area contributed by atoms with Crippen LogP contribution in [-0.2, 0) is 0 Å². The Bertz CT molecular complexity index is 141. The predicted molar refractivity (Wildman–Crippen MR) is 32.2 cm³/mol. The zero-order valence-electron chi connectivity index (χ0n) is 4.28. The van der Waals surface area contributed by atoms with Gasteiger partial charge in [-0.05, 0) is 6.07 Å². The van der Waals surface area contributed by atoms with Crippen molar-refractivity contribution in [1.29, 1.82) is 0 Å². The molecule has 0 amide bonds. The fourth-order valence-corrected chi connectivity index (χ4v) is 0.311. The smallest absolute Gasteiger partial charge is 0.219 e. The summed E-state index contributed by atoms with van der Waals surface area (Å²) in [6.07, 6.45) is 3.20. The Balaban J connectivity index is 0.000000490. The highest BCUT2D eigenvalue weighted by atomic mass is 15.0. The average Bonchev–Trinajstić information content (AvgIpc) is 1.69. The summed E-state index contributed by atoms with van der Waals surface area (Å²) in [4.78, 5) is 7.29. The van der Waals surface area contributed by atoms with Crippen LogP contribution in [0.15, 0.2) is 18.5 Å². The van der Waals surface area contributed by atoms with Gasteiger partial charge in [-0.15, -0.1) is 0 Å². The van der Waals surface area contributed by atoms with Crippen LogP contribution in [0.1, 0.15) is 0 Å². The first-order chi connectivity index (χ1) is 3.39. The summed E-state index contributed by atoms with van der Waals surface area (Å²) >= 11 is 0. The summed E-state index contributed by atoms with van der Waals surface area (Å²) < 4.78 is 0. The Hall–Kier alpha value is -1.06. The van der Waals surface area contributed by atoms with E-state index in [4.69, 9.17) is 5.73 Å². The van der Waals surface area contributed by atoms with Gasteiger partial charge in [-0.3, -0.25) is 0 Å². The maximum Gasteiger partial charge on any atom is 0.219 e. The Morgan fingerprint density at radius 1 is 1.25 bits per heavy atom. The summed E-state index contributed by atoms with van der Waals surface area (Å²) in [7, 11) is 0. The summed E-state index contributed by atoms with van der Waals surface area (Å²) in [5.74, 6) is 0.322. The third-order valence-corrected chi connectivity index (χ3v) is 0.586. The van der Waals surface area contributed by atoms with Crippen LogP contribution in [-0.4, -0.2) is 18.4 Å². The van der Waals surface area contributed by atoms with Gasteiger partial charge in [0.1, 0.15) is 0 Å². The molecule has 4 heteroatoms. The van der Waals surface area contributed by atoms with E-state index in [0.29, 0.717) is 5.95 Å². The maximum atomic E-state index is 5.14. The largest absolute Gasteiger partial charge is 0.368 e. The molecule has 39 valence electrons. The fourth-order valence-electron chi connectivity index (χ4n) is 0.311. The number of hydrogen-bond donors (Lipinski definition) is 1. The van der Waals surface area contributed by atoms with Crippen molar-refractivity contribution in [3.05, 3.63) is 18.5 Å². The van der Waals surface area contributed by atoms with Crippen molar-refractivity contribution in [3.63, 3.8) is 0 Å². The van der Waals surface area contributed by atoms with Crippen LogP contribution >= 0.6 is 0 Å². The lowest BCUT2D eigenvalue weighted by atomic mass is 10.7. The molecule has 1 aromatic rings. The van der Waals surface area contributed by atoms with Crippen molar-refractivity contribution in [3.8, 4) is 0 Å². The van der Waals surface area contributed by atoms with Crippen LogP contribution in [0.4, 0.5) is 5.95 Å². The van der Waals surface area contributed by atoms with Gasteiger partial charge in [0, 0.05) is 20.8 Å². The first kappa shape index (κ1) is 6.94. The standard InChI is InChI=1S/C4H5N3.B/c5-4-6-2-1-3-7-4;/h1-3H,(H2,5,6,7);. The van der Waals surface area contributed by atoms with E-state index in [2.05, 4.69) is 9.97 Å². The van der Waals surface area contributed by atoms with Crippen LogP contribution in [0, 0.1) is 0 Å². The van der Waals surface area contributed by atoms with Gasteiger partial charge in [-0.25, -0.2) is 9.97 Å².